The van der Waals surface area contributed by atoms with E-state index in [1.165, 1.54) is 23.3 Å². The highest BCUT2D eigenvalue weighted by Gasteiger charge is 2.35. The molecular weight excluding hydrogens is 394 g/mol. The standard InChI is InChI=1S/C21H20ClN3O2S/c1-12-6-7-15(10-16(12)22)25-11-14(9-19(25)26)20-23-21(27-24-20)18-8-13-4-2-3-5-17(13)28-18/h6-8,10,14H,2-5,9,11H2,1H3. The molecule has 0 spiro atoms. The molecule has 7 heteroatoms. The van der Waals surface area contributed by atoms with Gasteiger partial charge in [0.15, 0.2) is 5.82 Å². The molecule has 0 bridgehead atoms. The number of halogens is 1. The van der Waals surface area contributed by atoms with E-state index in [-0.39, 0.29) is 11.8 Å². The number of anilines is 1. The molecule has 5 nitrogen and oxygen atoms in total. The molecule has 1 aliphatic carbocycles. The summed E-state index contributed by atoms with van der Waals surface area (Å²) in [4.78, 5) is 21.4. The predicted molar refractivity (Wildman–Crippen MR) is 110 cm³/mol. The molecule has 1 atom stereocenters. The van der Waals surface area contributed by atoms with Crippen molar-refractivity contribution in [3.63, 3.8) is 0 Å². The minimum absolute atomic E-state index is 0.0582. The van der Waals surface area contributed by atoms with Gasteiger partial charge in [-0.3, -0.25) is 4.79 Å². The third-order valence-corrected chi connectivity index (χ3v) is 7.24. The largest absolute Gasteiger partial charge is 0.333 e. The molecule has 0 saturated carbocycles. The highest BCUT2D eigenvalue weighted by Crippen LogP contribution is 2.37. The third-order valence-electron chi connectivity index (χ3n) is 5.61. The van der Waals surface area contributed by atoms with Crippen LogP contribution >= 0.6 is 22.9 Å². The third kappa shape index (κ3) is 3.14. The van der Waals surface area contributed by atoms with Crippen molar-refractivity contribution in [2.45, 2.75) is 44.9 Å². The van der Waals surface area contributed by atoms with E-state index in [1.807, 2.05) is 25.1 Å². The summed E-state index contributed by atoms with van der Waals surface area (Å²) in [5.41, 5.74) is 3.23. The van der Waals surface area contributed by atoms with E-state index in [0.29, 0.717) is 29.7 Å². The van der Waals surface area contributed by atoms with Crippen LogP contribution in [-0.4, -0.2) is 22.6 Å². The molecule has 5 rings (SSSR count). The maximum absolute atomic E-state index is 12.6. The predicted octanol–water partition coefficient (Wildman–Crippen LogP) is 5.16. The molecule has 144 valence electrons. The summed E-state index contributed by atoms with van der Waals surface area (Å²) in [6.45, 7) is 2.49. The lowest BCUT2D eigenvalue weighted by atomic mass is 9.99. The van der Waals surface area contributed by atoms with Gasteiger partial charge in [-0.2, -0.15) is 4.98 Å². The van der Waals surface area contributed by atoms with E-state index in [9.17, 15) is 4.79 Å². The molecule has 1 aromatic carbocycles. The molecule has 1 saturated heterocycles. The molecule has 28 heavy (non-hydrogen) atoms. The number of hydrogen-bond acceptors (Lipinski definition) is 5. The molecule has 0 radical (unpaired) electrons. The molecule has 1 unspecified atom stereocenters. The number of hydrogen-bond donors (Lipinski definition) is 0. The van der Waals surface area contributed by atoms with Gasteiger partial charge in [0.2, 0.25) is 5.91 Å². The van der Waals surface area contributed by atoms with E-state index >= 15 is 0 Å². The van der Waals surface area contributed by atoms with Crippen LogP contribution in [-0.2, 0) is 17.6 Å². The number of carbonyl (C=O) groups is 1. The second kappa shape index (κ2) is 7.01. The molecule has 1 fully saturated rings. The molecule has 0 N–H and O–H groups in total. The van der Waals surface area contributed by atoms with Gasteiger partial charge in [0.1, 0.15) is 0 Å². The number of fused-ring (bicyclic) bond motifs is 1. The van der Waals surface area contributed by atoms with Crippen LogP contribution in [0.3, 0.4) is 0 Å². The first-order chi connectivity index (χ1) is 13.6. The van der Waals surface area contributed by atoms with Gasteiger partial charge in [0.05, 0.1) is 4.88 Å². The average molecular weight is 414 g/mol. The van der Waals surface area contributed by atoms with Crippen LogP contribution in [0.25, 0.3) is 10.8 Å². The summed E-state index contributed by atoms with van der Waals surface area (Å²) >= 11 is 7.99. The minimum atomic E-state index is -0.0698. The average Bonchev–Trinajstić information content (AvgIpc) is 3.41. The van der Waals surface area contributed by atoms with E-state index in [2.05, 4.69) is 16.2 Å². The van der Waals surface area contributed by atoms with Crippen LogP contribution in [0, 0.1) is 6.92 Å². The fourth-order valence-electron chi connectivity index (χ4n) is 3.98. The molecule has 2 aromatic heterocycles. The Morgan fingerprint density at radius 2 is 2.11 bits per heavy atom. The van der Waals surface area contributed by atoms with E-state index in [4.69, 9.17) is 16.1 Å². The number of aromatic nitrogens is 2. The Labute approximate surface area is 172 Å². The molecular formula is C21H20ClN3O2S. The maximum Gasteiger partial charge on any atom is 0.268 e. The van der Waals surface area contributed by atoms with Crippen LogP contribution in [0.2, 0.25) is 5.02 Å². The minimum Gasteiger partial charge on any atom is -0.333 e. The number of aryl methyl sites for hydroxylation is 3. The fourth-order valence-corrected chi connectivity index (χ4v) is 5.33. The molecule has 1 amide bonds. The Kier molecular flexibility index (Phi) is 4.48. The van der Waals surface area contributed by atoms with E-state index < -0.39 is 0 Å². The number of benzene rings is 1. The second-order valence-electron chi connectivity index (χ2n) is 7.56. The Bertz CT molecular complexity index is 1030. The maximum atomic E-state index is 12.6. The Morgan fingerprint density at radius 3 is 2.93 bits per heavy atom. The molecule has 1 aliphatic heterocycles. The topological polar surface area (TPSA) is 59.2 Å². The van der Waals surface area contributed by atoms with Crippen molar-refractivity contribution in [3.8, 4) is 10.8 Å². The van der Waals surface area contributed by atoms with E-state index in [1.54, 1.807) is 16.2 Å². The van der Waals surface area contributed by atoms with Crippen molar-refractivity contribution in [2.75, 3.05) is 11.4 Å². The van der Waals surface area contributed by atoms with Crippen molar-refractivity contribution in [2.24, 2.45) is 0 Å². The van der Waals surface area contributed by atoms with Crippen molar-refractivity contribution < 1.29 is 9.32 Å². The Morgan fingerprint density at radius 1 is 1.25 bits per heavy atom. The first kappa shape index (κ1) is 17.9. The van der Waals surface area contributed by atoms with Gasteiger partial charge in [-0.1, -0.05) is 22.8 Å². The number of thiophene rings is 1. The Hall–Kier alpha value is -2.18. The highest BCUT2D eigenvalue weighted by atomic mass is 35.5. The molecule has 2 aliphatic rings. The molecule has 3 aromatic rings. The van der Waals surface area contributed by atoms with Crippen LogP contribution in [0.1, 0.15) is 47.0 Å². The van der Waals surface area contributed by atoms with Crippen LogP contribution in [0.15, 0.2) is 28.8 Å². The van der Waals surface area contributed by atoms with Gasteiger partial charge in [-0.05, 0) is 61.9 Å². The van der Waals surface area contributed by atoms with Crippen LogP contribution in [0.5, 0.6) is 0 Å². The normalized spacial score (nSPS) is 19.3. The van der Waals surface area contributed by atoms with Crippen molar-refractivity contribution >= 4 is 34.5 Å². The first-order valence-corrected chi connectivity index (χ1v) is 10.8. The lowest BCUT2D eigenvalue weighted by Crippen LogP contribution is -2.24. The van der Waals surface area contributed by atoms with E-state index in [0.717, 1.165) is 29.0 Å². The summed E-state index contributed by atoms with van der Waals surface area (Å²) in [5.74, 6) is 1.16. The fraction of sp³-hybridized carbons (Fsp3) is 0.381. The number of amides is 1. The number of nitrogens with zero attached hydrogens (tertiary/aromatic N) is 3. The van der Waals surface area contributed by atoms with Gasteiger partial charge in [-0.25, -0.2) is 0 Å². The zero-order valence-corrected chi connectivity index (χ0v) is 17.1. The van der Waals surface area contributed by atoms with Crippen molar-refractivity contribution in [3.05, 3.63) is 51.1 Å². The van der Waals surface area contributed by atoms with Crippen LogP contribution in [0.4, 0.5) is 5.69 Å². The van der Waals surface area contributed by atoms with Gasteiger partial charge in [0, 0.05) is 34.5 Å². The Balaban J connectivity index is 1.37. The summed E-state index contributed by atoms with van der Waals surface area (Å²) in [7, 11) is 0. The quantitative estimate of drug-likeness (QED) is 0.595. The SMILES string of the molecule is Cc1ccc(N2CC(c3noc(-c4cc5c(s4)CCCC5)n3)CC2=O)cc1Cl. The highest BCUT2D eigenvalue weighted by molar-refractivity contribution is 7.15. The first-order valence-electron chi connectivity index (χ1n) is 9.60. The second-order valence-corrected chi connectivity index (χ2v) is 9.11. The lowest BCUT2D eigenvalue weighted by molar-refractivity contribution is -0.117. The summed E-state index contributed by atoms with van der Waals surface area (Å²) in [6.07, 6.45) is 5.17. The number of rotatable bonds is 3. The zero-order chi connectivity index (χ0) is 19.3. The van der Waals surface area contributed by atoms with Gasteiger partial charge >= 0.3 is 0 Å². The van der Waals surface area contributed by atoms with Gasteiger partial charge in [-0.15, -0.1) is 11.3 Å². The lowest BCUT2D eigenvalue weighted by Gasteiger charge is -2.17. The summed E-state index contributed by atoms with van der Waals surface area (Å²) in [5, 5.41) is 4.85. The van der Waals surface area contributed by atoms with Crippen LogP contribution < -0.4 is 4.90 Å². The van der Waals surface area contributed by atoms with Gasteiger partial charge < -0.3 is 9.42 Å². The number of carbonyl (C=O) groups excluding carboxylic acids is 1. The zero-order valence-electron chi connectivity index (χ0n) is 15.6. The summed E-state index contributed by atoms with van der Waals surface area (Å²) < 4.78 is 5.55. The summed E-state index contributed by atoms with van der Waals surface area (Å²) in [6, 6.07) is 7.90. The smallest absolute Gasteiger partial charge is 0.268 e. The van der Waals surface area contributed by atoms with Crippen molar-refractivity contribution in [1.82, 2.24) is 10.1 Å². The monoisotopic (exact) mass is 413 g/mol. The van der Waals surface area contributed by atoms with Gasteiger partial charge in [0.25, 0.3) is 5.89 Å². The molecule has 3 heterocycles. The van der Waals surface area contributed by atoms with Crippen molar-refractivity contribution in [1.29, 1.82) is 0 Å².